The number of nitrogens with zero attached hydrogens (tertiary/aromatic N) is 3. The van der Waals surface area contributed by atoms with Gasteiger partial charge in [-0.25, -0.2) is 27.2 Å². The molecule has 39 heavy (non-hydrogen) atoms. The van der Waals surface area contributed by atoms with Crippen LogP contribution in [0.15, 0.2) is 48.9 Å². The first-order valence-corrected chi connectivity index (χ1v) is 14.0. The zero-order valence-corrected chi connectivity index (χ0v) is 22.6. The molecule has 2 N–H and O–H groups in total. The number of hydrogen-bond donors (Lipinski definition) is 2. The molecule has 0 atom stereocenters. The van der Waals surface area contributed by atoms with Crippen molar-refractivity contribution >= 4 is 32.5 Å². The molecule has 9 nitrogen and oxygen atoms in total. The van der Waals surface area contributed by atoms with Crippen molar-refractivity contribution in [3.05, 3.63) is 71.7 Å². The van der Waals surface area contributed by atoms with Gasteiger partial charge in [-0.2, -0.15) is 0 Å². The van der Waals surface area contributed by atoms with Crippen molar-refractivity contribution in [2.75, 3.05) is 37.7 Å². The van der Waals surface area contributed by atoms with E-state index in [0.29, 0.717) is 41.1 Å². The van der Waals surface area contributed by atoms with E-state index in [1.54, 1.807) is 37.5 Å². The highest BCUT2D eigenvalue weighted by molar-refractivity contribution is 7.92. The molecular formula is C27H29F2N5O4S. The van der Waals surface area contributed by atoms with Gasteiger partial charge in [-0.3, -0.25) is 9.52 Å². The zero-order valence-electron chi connectivity index (χ0n) is 21.8. The van der Waals surface area contributed by atoms with Crippen molar-refractivity contribution in [1.82, 2.24) is 19.9 Å². The molecule has 0 unspecified atom stereocenters. The van der Waals surface area contributed by atoms with Gasteiger partial charge in [0.05, 0.1) is 23.6 Å². The average molecular weight is 558 g/mol. The Labute approximate surface area is 225 Å². The highest BCUT2D eigenvalue weighted by atomic mass is 32.2. The van der Waals surface area contributed by atoms with Crippen molar-refractivity contribution in [3.63, 3.8) is 0 Å². The van der Waals surface area contributed by atoms with E-state index >= 15 is 4.39 Å². The second kappa shape index (κ2) is 11.9. The van der Waals surface area contributed by atoms with Crippen LogP contribution < -0.4 is 9.46 Å². The summed E-state index contributed by atoms with van der Waals surface area (Å²) in [5.74, 6) is -3.12. The van der Waals surface area contributed by atoms with Crippen molar-refractivity contribution in [2.45, 2.75) is 19.8 Å². The van der Waals surface area contributed by atoms with Gasteiger partial charge in [0.15, 0.2) is 5.82 Å². The van der Waals surface area contributed by atoms with Crippen LogP contribution in [0.4, 0.5) is 14.5 Å². The topological polar surface area (TPSA) is 117 Å². The molecule has 3 aromatic heterocycles. The maximum Gasteiger partial charge on any atom is 0.232 e. The highest BCUT2D eigenvalue weighted by Gasteiger charge is 2.26. The van der Waals surface area contributed by atoms with Crippen LogP contribution >= 0.6 is 0 Å². The second-order valence-corrected chi connectivity index (χ2v) is 11.1. The molecule has 4 rings (SSSR count). The summed E-state index contributed by atoms with van der Waals surface area (Å²) in [4.78, 5) is 26.9. The van der Waals surface area contributed by atoms with E-state index < -0.39 is 38.7 Å². The number of fused-ring (bicyclic) bond motifs is 1. The number of sulfonamides is 1. The fraction of sp³-hybridized carbons (Fsp3) is 0.296. The van der Waals surface area contributed by atoms with Gasteiger partial charge in [0.1, 0.15) is 11.5 Å². The first kappa shape index (κ1) is 28.1. The summed E-state index contributed by atoms with van der Waals surface area (Å²) >= 11 is 0. The number of aromatic amines is 1. The third-order valence-corrected chi connectivity index (χ3v) is 7.38. The number of ketones is 1. The minimum Gasteiger partial charge on any atom is -0.478 e. The van der Waals surface area contributed by atoms with Gasteiger partial charge < -0.3 is 14.6 Å². The summed E-state index contributed by atoms with van der Waals surface area (Å²) < 4.78 is 61.9. The molecule has 12 heteroatoms. The molecule has 4 aromatic rings. The predicted molar refractivity (Wildman–Crippen MR) is 145 cm³/mol. The minimum atomic E-state index is -3.86. The van der Waals surface area contributed by atoms with E-state index in [1.807, 2.05) is 14.1 Å². The van der Waals surface area contributed by atoms with Crippen molar-refractivity contribution in [2.24, 2.45) is 0 Å². The molecule has 0 aliphatic carbocycles. The Morgan fingerprint density at radius 3 is 2.56 bits per heavy atom. The Balaban J connectivity index is 1.61. The maximum absolute atomic E-state index is 15.2. The van der Waals surface area contributed by atoms with Crippen LogP contribution in [0.1, 0.15) is 35.7 Å². The lowest BCUT2D eigenvalue weighted by molar-refractivity contribution is 0.103. The Kier molecular flexibility index (Phi) is 8.56. The Morgan fingerprint density at radius 1 is 1.10 bits per heavy atom. The normalized spacial score (nSPS) is 11.7. The molecule has 0 amide bonds. The van der Waals surface area contributed by atoms with E-state index in [4.69, 9.17) is 4.74 Å². The number of nitrogens with one attached hydrogen (secondary N) is 2. The second-order valence-electron chi connectivity index (χ2n) is 9.25. The molecule has 0 spiro atoms. The Bertz CT molecular complexity index is 1590. The fourth-order valence-electron chi connectivity index (χ4n) is 4.00. The monoisotopic (exact) mass is 557 g/mol. The van der Waals surface area contributed by atoms with Crippen LogP contribution in [0.2, 0.25) is 0 Å². The first-order valence-electron chi connectivity index (χ1n) is 12.3. The fourth-order valence-corrected chi connectivity index (χ4v) is 5.14. The molecule has 1 aromatic carbocycles. The number of aromatic nitrogens is 3. The number of benzene rings is 1. The van der Waals surface area contributed by atoms with E-state index in [9.17, 15) is 17.6 Å². The molecule has 0 aliphatic heterocycles. The lowest BCUT2D eigenvalue weighted by atomic mass is 10.00. The summed E-state index contributed by atoms with van der Waals surface area (Å²) in [6.45, 7) is 3.08. The lowest BCUT2D eigenvalue weighted by Gasteiger charge is -2.11. The largest absolute Gasteiger partial charge is 0.478 e. The third kappa shape index (κ3) is 6.58. The Morgan fingerprint density at radius 2 is 1.87 bits per heavy atom. The molecule has 0 aliphatic rings. The number of carbonyl (C=O) groups excluding carboxylic acids is 1. The van der Waals surface area contributed by atoms with Crippen molar-refractivity contribution in [1.29, 1.82) is 0 Å². The quantitative estimate of drug-likeness (QED) is 0.193. The standard InChI is InChI=1S/C27H29F2N5O4S/c1-4-12-39(36,37)33-22-8-7-21(28)24(25(22)29)26(35)20-16-32-27-19(20)13-18(15-31-27)17-6-9-23(30-14-17)38-11-5-10-34(2)3/h6-9,13-16,33H,4-5,10-12H2,1-3H3,(H,31,32). The molecule has 0 saturated carbocycles. The van der Waals surface area contributed by atoms with Gasteiger partial charge in [0.25, 0.3) is 0 Å². The van der Waals surface area contributed by atoms with E-state index in [1.165, 1.54) is 6.20 Å². The van der Waals surface area contributed by atoms with Gasteiger partial charge in [-0.1, -0.05) is 6.92 Å². The summed E-state index contributed by atoms with van der Waals surface area (Å²) in [5, 5.41) is 0.345. The number of carbonyl (C=O) groups is 1. The number of pyridine rings is 2. The van der Waals surface area contributed by atoms with Crippen molar-refractivity contribution < 1.29 is 26.7 Å². The number of rotatable bonds is 12. The lowest BCUT2D eigenvalue weighted by Crippen LogP contribution is -2.18. The van der Waals surface area contributed by atoms with Gasteiger partial charge in [0.2, 0.25) is 21.7 Å². The van der Waals surface area contributed by atoms with Crippen LogP contribution in [0.3, 0.4) is 0 Å². The van der Waals surface area contributed by atoms with Crippen LogP contribution in [0, 0.1) is 11.6 Å². The molecule has 0 saturated heterocycles. The highest BCUT2D eigenvalue weighted by Crippen LogP contribution is 2.30. The molecular weight excluding hydrogens is 528 g/mol. The van der Waals surface area contributed by atoms with Crippen molar-refractivity contribution in [3.8, 4) is 17.0 Å². The predicted octanol–water partition coefficient (Wildman–Crippen LogP) is 4.62. The minimum absolute atomic E-state index is 0.0143. The molecule has 0 radical (unpaired) electrons. The molecule has 0 fully saturated rings. The zero-order chi connectivity index (χ0) is 28.2. The molecule has 0 bridgehead atoms. The molecule has 3 heterocycles. The van der Waals surface area contributed by atoms with Crippen LogP contribution in [-0.2, 0) is 10.0 Å². The van der Waals surface area contributed by atoms with Gasteiger partial charge in [-0.15, -0.1) is 0 Å². The van der Waals surface area contributed by atoms with E-state index in [0.717, 1.165) is 25.1 Å². The summed E-state index contributed by atoms with van der Waals surface area (Å²) in [7, 11) is 0.123. The first-order chi connectivity index (χ1) is 18.6. The summed E-state index contributed by atoms with van der Waals surface area (Å²) in [5.41, 5.74) is 0.299. The number of H-pyrrole nitrogens is 1. The van der Waals surface area contributed by atoms with Gasteiger partial charge in [0, 0.05) is 53.3 Å². The van der Waals surface area contributed by atoms with E-state index in [2.05, 4.69) is 24.6 Å². The van der Waals surface area contributed by atoms with Gasteiger partial charge in [-0.05, 0) is 51.2 Å². The third-order valence-electron chi connectivity index (χ3n) is 5.90. The Hall–Kier alpha value is -3.90. The van der Waals surface area contributed by atoms with Crippen LogP contribution in [0.5, 0.6) is 5.88 Å². The molecule has 206 valence electrons. The van der Waals surface area contributed by atoms with Crippen LogP contribution in [0.25, 0.3) is 22.2 Å². The smallest absolute Gasteiger partial charge is 0.232 e. The van der Waals surface area contributed by atoms with Gasteiger partial charge >= 0.3 is 0 Å². The van der Waals surface area contributed by atoms with E-state index in [-0.39, 0.29) is 11.3 Å². The van der Waals surface area contributed by atoms with Crippen LogP contribution in [-0.4, -0.2) is 67.1 Å². The maximum atomic E-state index is 15.2. The number of hydrogen-bond acceptors (Lipinski definition) is 7. The number of ether oxygens (including phenoxy) is 1. The average Bonchev–Trinajstić information content (AvgIpc) is 3.32. The SMILES string of the molecule is CCCS(=O)(=O)Nc1ccc(F)c(C(=O)c2c[nH]c3ncc(-c4ccc(OCCCN(C)C)nc4)cc23)c1F. The number of halogens is 2. The summed E-state index contributed by atoms with van der Waals surface area (Å²) in [6.07, 6.45) is 5.68. The number of anilines is 1. The summed E-state index contributed by atoms with van der Waals surface area (Å²) in [6, 6.07) is 7.01.